The van der Waals surface area contributed by atoms with Crippen molar-refractivity contribution in [2.75, 3.05) is 12.4 Å². The predicted molar refractivity (Wildman–Crippen MR) is 111 cm³/mol. The minimum atomic E-state index is -0.287. The van der Waals surface area contributed by atoms with Gasteiger partial charge in [0.25, 0.3) is 5.91 Å². The molecule has 0 saturated heterocycles. The Kier molecular flexibility index (Phi) is 7.41. The highest BCUT2D eigenvalue weighted by Gasteiger charge is 2.10. The fraction of sp³-hybridized carbons (Fsp3) is 0.263. The second-order valence-corrected chi connectivity index (χ2v) is 6.88. The van der Waals surface area contributed by atoms with Gasteiger partial charge in [0.15, 0.2) is 5.11 Å². The topological polar surface area (TPSA) is 59.6 Å². The molecule has 0 aliphatic rings. The van der Waals surface area contributed by atoms with Crippen molar-refractivity contribution in [3.8, 4) is 11.5 Å². The van der Waals surface area contributed by atoms with Crippen molar-refractivity contribution in [2.24, 2.45) is 0 Å². The van der Waals surface area contributed by atoms with Gasteiger partial charge in [-0.3, -0.25) is 10.1 Å². The van der Waals surface area contributed by atoms with Crippen LogP contribution < -0.4 is 20.1 Å². The first-order chi connectivity index (χ1) is 12.4. The normalized spacial score (nSPS) is 11.4. The van der Waals surface area contributed by atoms with Crippen molar-refractivity contribution in [2.45, 2.75) is 26.4 Å². The number of benzene rings is 2. The van der Waals surface area contributed by atoms with Crippen molar-refractivity contribution in [3.05, 3.63) is 52.5 Å². The van der Waals surface area contributed by atoms with Gasteiger partial charge in [0, 0.05) is 11.3 Å². The van der Waals surface area contributed by atoms with E-state index in [9.17, 15) is 4.79 Å². The molecule has 2 aromatic carbocycles. The first-order valence-electron chi connectivity index (χ1n) is 8.15. The Hall–Kier alpha value is -2.12. The van der Waals surface area contributed by atoms with E-state index in [1.807, 2.05) is 19.1 Å². The summed E-state index contributed by atoms with van der Waals surface area (Å²) < 4.78 is 11.7. The van der Waals surface area contributed by atoms with Crippen molar-refractivity contribution in [1.82, 2.24) is 5.32 Å². The monoisotopic (exact) mass is 436 g/mol. The van der Waals surface area contributed by atoms with Gasteiger partial charge in [-0.1, -0.05) is 6.92 Å². The molecule has 2 rings (SSSR count). The number of rotatable bonds is 6. The van der Waals surface area contributed by atoms with Crippen LogP contribution >= 0.6 is 28.1 Å². The maximum Gasteiger partial charge on any atom is 0.257 e. The maximum absolute atomic E-state index is 12.3. The number of hydrogen-bond acceptors (Lipinski definition) is 4. The standard InChI is InChI=1S/C19H21BrN2O3S/c1-4-12(2)25-15-8-5-13(6-9-15)18(23)22-19(26)21-14-7-10-17(24-3)16(20)11-14/h5-12H,4H2,1-3H3,(H2,21,22,23,26)/t12-/m1/s1. The van der Waals surface area contributed by atoms with Crippen LogP contribution in [-0.4, -0.2) is 24.2 Å². The molecule has 2 aromatic rings. The van der Waals surface area contributed by atoms with E-state index in [4.69, 9.17) is 21.7 Å². The molecule has 0 aromatic heterocycles. The van der Waals surface area contributed by atoms with Crippen LogP contribution in [0.3, 0.4) is 0 Å². The second kappa shape index (κ2) is 9.54. The molecular formula is C19H21BrN2O3S. The minimum Gasteiger partial charge on any atom is -0.496 e. The summed E-state index contributed by atoms with van der Waals surface area (Å²) in [4.78, 5) is 12.3. The number of halogens is 1. The summed E-state index contributed by atoms with van der Waals surface area (Å²) >= 11 is 8.61. The fourth-order valence-corrected chi connectivity index (χ4v) is 2.83. The van der Waals surface area contributed by atoms with Gasteiger partial charge in [0.2, 0.25) is 0 Å². The molecule has 0 aliphatic carbocycles. The zero-order chi connectivity index (χ0) is 19.1. The molecule has 0 spiro atoms. The van der Waals surface area contributed by atoms with Crippen LogP contribution in [0.25, 0.3) is 0 Å². The third kappa shape index (κ3) is 5.71. The number of hydrogen-bond donors (Lipinski definition) is 2. The van der Waals surface area contributed by atoms with Crippen molar-refractivity contribution in [1.29, 1.82) is 0 Å². The number of methoxy groups -OCH3 is 1. The van der Waals surface area contributed by atoms with Gasteiger partial charge in [-0.15, -0.1) is 0 Å². The van der Waals surface area contributed by atoms with E-state index in [0.29, 0.717) is 11.3 Å². The van der Waals surface area contributed by atoms with Gasteiger partial charge in [-0.25, -0.2) is 0 Å². The lowest BCUT2D eigenvalue weighted by atomic mass is 10.2. The molecule has 0 bridgehead atoms. The first-order valence-corrected chi connectivity index (χ1v) is 9.35. The lowest BCUT2D eigenvalue weighted by Gasteiger charge is -2.13. The van der Waals surface area contributed by atoms with Gasteiger partial charge in [-0.05, 0) is 84.0 Å². The molecule has 0 unspecified atom stereocenters. The number of thiocarbonyl (C=S) groups is 1. The van der Waals surface area contributed by atoms with E-state index in [1.165, 1.54) is 0 Å². The maximum atomic E-state index is 12.3. The first kappa shape index (κ1) is 20.2. The van der Waals surface area contributed by atoms with Gasteiger partial charge < -0.3 is 14.8 Å². The van der Waals surface area contributed by atoms with E-state index in [1.54, 1.807) is 37.4 Å². The summed E-state index contributed by atoms with van der Waals surface area (Å²) in [5.41, 5.74) is 1.24. The lowest BCUT2D eigenvalue weighted by Crippen LogP contribution is -2.34. The highest BCUT2D eigenvalue weighted by Crippen LogP contribution is 2.27. The Bertz CT molecular complexity index is 781. The smallest absolute Gasteiger partial charge is 0.257 e. The van der Waals surface area contributed by atoms with Crippen LogP contribution in [-0.2, 0) is 0 Å². The Morgan fingerprint density at radius 2 is 1.92 bits per heavy atom. The van der Waals surface area contributed by atoms with Crippen molar-refractivity contribution < 1.29 is 14.3 Å². The van der Waals surface area contributed by atoms with Crippen LogP contribution in [0.1, 0.15) is 30.6 Å². The summed E-state index contributed by atoms with van der Waals surface area (Å²) in [5, 5.41) is 5.84. The molecule has 0 fully saturated rings. The van der Waals surface area contributed by atoms with Gasteiger partial charge >= 0.3 is 0 Å². The zero-order valence-corrected chi connectivity index (χ0v) is 17.2. The predicted octanol–water partition coefficient (Wildman–Crippen LogP) is 4.76. The average Bonchev–Trinajstić information content (AvgIpc) is 2.62. The quantitative estimate of drug-likeness (QED) is 0.639. The SMILES string of the molecule is CC[C@@H](C)Oc1ccc(C(=O)NC(=S)Nc2ccc(OC)c(Br)c2)cc1. The molecule has 0 aliphatic heterocycles. The Morgan fingerprint density at radius 1 is 1.23 bits per heavy atom. The number of carbonyl (C=O) groups is 1. The average molecular weight is 437 g/mol. The zero-order valence-electron chi connectivity index (χ0n) is 14.8. The minimum absolute atomic E-state index is 0.135. The highest BCUT2D eigenvalue weighted by atomic mass is 79.9. The van der Waals surface area contributed by atoms with E-state index in [2.05, 4.69) is 33.5 Å². The van der Waals surface area contributed by atoms with Crippen LogP contribution in [0.2, 0.25) is 0 Å². The van der Waals surface area contributed by atoms with E-state index in [0.717, 1.165) is 22.3 Å². The molecule has 0 saturated carbocycles. The molecule has 1 atom stereocenters. The molecule has 2 N–H and O–H groups in total. The van der Waals surface area contributed by atoms with Crippen LogP contribution in [0.15, 0.2) is 46.9 Å². The molecule has 1 amide bonds. The molecule has 138 valence electrons. The number of ether oxygens (including phenoxy) is 2. The fourth-order valence-electron chi connectivity index (χ4n) is 2.08. The Labute approximate surface area is 167 Å². The number of carbonyl (C=O) groups excluding carboxylic acids is 1. The molecule has 0 radical (unpaired) electrons. The summed E-state index contributed by atoms with van der Waals surface area (Å²) in [6, 6.07) is 12.4. The molecular weight excluding hydrogens is 416 g/mol. The van der Waals surface area contributed by atoms with Crippen LogP contribution in [0.4, 0.5) is 5.69 Å². The molecule has 7 heteroatoms. The third-order valence-corrected chi connectivity index (χ3v) is 4.49. The number of nitrogens with one attached hydrogen (secondary N) is 2. The molecule has 0 heterocycles. The van der Waals surface area contributed by atoms with Crippen LogP contribution in [0.5, 0.6) is 11.5 Å². The summed E-state index contributed by atoms with van der Waals surface area (Å²) in [6.45, 7) is 4.06. The summed E-state index contributed by atoms with van der Waals surface area (Å²) in [7, 11) is 1.59. The lowest BCUT2D eigenvalue weighted by molar-refractivity contribution is 0.0977. The number of amides is 1. The van der Waals surface area contributed by atoms with Gasteiger partial charge in [-0.2, -0.15) is 0 Å². The Morgan fingerprint density at radius 3 is 2.50 bits per heavy atom. The second-order valence-electron chi connectivity index (χ2n) is 5.62. The van der Waals surface area contributed by atoms with Gasteiger partial charge in [0.05, 0.1) is 17.7 Å². The Balaban J connectivity index is 1.94. The summed E-state index contributed by atoms with van der Waals surface area (Å²) in [6.07, 6.45) is 1.05. The molecule has 26 heavy (non-hydrogen) atoms. The van der Waals surface area contributed by atoms with E-state index < -0.39 is 0 Å². The van der Waals surface area contributed by atoms with Crippen LogP contribution in [0, 0.1) is 0 Å². The molecule has 5 nitrogen and oxygen atoms in total. The van der Waals surface area contributed by atoms with E-state index in [-0.39, 0.29) is 17.1 Å². The van der Waals surface area contributed by atoms with Gasteiger partial charge in [0.1, 0.15) is 11.5 Å². The van der Waals surface area contributed by atoms with Crippen molar-refractivity contribution in [3.63, 3.8) is 0 Å². The van der Waals surface area contributed by atoms with E-state index >= 15 is 0 Å². The highest BCUT2D eigenvalue weighted by molar-refractivity contribution is 9.10. The number of anilines is 1. The van der Waals surface area contributed by atoms with Crippen molar-refractivity contribution >= 4 is 44.9 Å². The largest absolute Gasteiger partial charge is 0.496 e. The third-order valence-electron chi connectivity index (χ3n) is 3.67. The summed E-state index contributed by atoms with van der Waals surface area (Å²) in [5.74, 6) is 1.16.